The average molecular weight is 987 g/mol. The van der Waals surface area contributed by atoms with E-state index in [2.05, 4.69) is 258 Å². The molecule has 11 rings (SSSR count). The Morgan fingerprint density at radius 2 is 0.787 bits per heavy atom. The number of hydrogen-bond acceptors (Lipinski definition) is 4. The Hall–Kier alpha value is -7.30. The smallest absolute Gasteiger partial charge is 0.147 e. The van der Waals surface area contributed by atoms with Gasteiger partial charge in [0.1, 0.15) is 22.3 Å². The van der Waals surface area contributed by atoms with E-state index in [4.69, 9.17) is 8.83 Å². The Balaban J connectivity index is 1.06. The summed E-state index contributed by atoms with van der Waals surface area (Å²) in [5.41, 5.74) is 20.1. The van der Waals surface area contributed by atoms with Gasteiger partial charge in [0.05, 0.1) is 11.1 Å². The van der Waals surface area contributed by atoms with E-state index in [1.807, 2.05) is 0 Å². The molecule has 0 spiro atoms. The number of rotatable bonds is 13. The maximum Gasteiger partial charge on any atom is 0.147 e. The van der Waals surface area contributed by atoms with E-state index in [-0.39, 0.29) is 0 Å². The second kappa shape index (κ2) is 19.4. The van der Waals surface area contributed by atoms with Gasteiger partial charge in [0, 0.05) is 44.6 Å². The van der Waals surface area contributed by atoms with Crippen LogP contribution in [0.2, 0.25) is 0 Å². The molecule has 0 unspecified atom stereocenters. The van der Waals surface area contributed by atoms with Gasteiger partial charge in [-0.1, -0.05) is 170 Å². The highest BCUT2D eigenvalue weighted by atomic mass is 16.3. The molecule has 2 heterocycles. The second-order valence-corrected chi connectivity index (χ2v) is 23.5. The quantitative estimate of drug-likeness (QED) is 0.115. The molecule has 0 N–H and O–H groups in total. The maximum atomic E-state index is 7.06. The maximum absolute atomic E-state index is 7.06. The number of anilines is 6. The molecule has 0 aliphatic heterocycles. The molecule has 0 bridgehead atoms. The molecule has 0 amide bonds. The topological polar surface area (TPSA) is 32.8 Å². The van der Waals surface area contributed by atoms with Crippen LogP contribution < -0.4 is 9.80 Å². The van der Waals surface area contributed by atoms with Gasteiger partial charge in [-0.2, -0.15) is 0 Å². The summed E-state index contributed by atoms with van der Waals surface area (Å²) in [6, 6.07) is 57.2. The first-order chi connectivity index (χ1) is 36.0. The average Bonchev–Trinajstić information content (AvgIpc) is 3.94. The molecule has 0 radical (unpaired) electrons. The zero-order chi connectivity index (χ0) is 52.7. The van der Waals surface area contributed by atoms with Crippen LogP contribution in [0.15, 0.2) is 160 Å². The number of furan rings is 2. The fourth-order valence-corrected chi connectivity index (χ4v) is 11.8. The molecule has 0 saturated heterocycles. The van der Waals surface area contributed by atoms with E-state index >= 15 is 0 Å². The van der Waals surface area contributed by atoms with Crippen molar-refractivity contribution in [1.29, 1.82) is 0 Å². The van der Waals surface area contributed by atoms with E-state index in [0.29, 0.717) is 41.4 Å². The van der Waals surface area contributed by atoms with Gasteiger partial charge < -0.3 is 18.6 Å². The van der Waals surface area contributed by atoms with Gasteiger partial charge in [0.25, 0.3) is 0 Å². The van der Waals surface area contributed by atoms with E-state index in [1.54, 1.807) is 0 Å². The predicted octanol–water partition coefficient (Wildman–Crippen LogP) is 22.6. The fraction of sp³-hybridized carbons (Fsp3) is 0.296. The molecule has 0 aliphatic carbocycles. The highest BCUT2D eigenvalue weighted by Gasteiger charge is 2.28. The first kappa shape index (κ1) is 49.9. The number of hydrogen-bond donors (Lipinski definition) is 0. The lowest BCUT2D eigenvalue weighted by Crippen LogP contribution is -2.18. The molecule has 380 valence electrons. The summed E-state index contributed by atoms with van der Waals surface area (Å²) < 4.78 is 13.9. The van der Waals surface area contributed by atoms with Gasteiger partial charge in [-0.3, -0.25) is 0 Å². The molecule has 4 nitrogen and oxygen atoms in total. The van der Waals surface area contributed by atoms with Crippen LogP contribution in [-0.4, -0.2) is 0 Å². The van der Waals surface area contributed by atoms with Gasteiger partial charge in [-0.25, -0.2) is 0 Å². The molecule has 0 atom stereocenters. The van der Waals surface area contributed by atoms with Crippen LogP contribution in [0.1, 0.15) is 177 Å². The van der Waals surface area contributed by atoms with Crippen molar-refractivity contribution >= 4 is 99.5 Å². The molecule has 4 heteroatoms. The van der Waals surface area contributed by atoms with E-state index < -0.39 is 0 Å². The molecule has 0 fully saturated rings. The van der Waals surface area contributed by atoms with Gasteiger partial charge in [-0.05, 0) is 181 Å². The van der Waals surface area contributed by atoms with Crippen LogP contribution in [-0.2, 0) is 0 Å². The summed E-state index contributed by atoms with van der Waals surface area (Å²) in [6.45, 7) is 32.4. The van der Waals surface area contributed by atoms with Crippen molar-refractivity contribution in [3.8, 4) is 0 Å². The molecular formula is C71H74N2O2. The van der Waals surface area contributed by atoms with Gasteiger partial charge >= 0.3 is 0 Å². The van der Waals surface area contributed by atoms with Crippen molar-refractivity contribution in [2.24, 2.45) is 0 Å². The zero-order valence-corrected chi connectivity index (χ0v) is 46.7. The Morgan fingerprint density at radius 3 is 1.33 bits per heavy atom. The molecule has 0 aliphatic rings. The fourth-order valence-electron chi connectivity index (χ4n) is 11.8. The standard InChI is InChI=1S/C71H74N2O2/c1-40(2)47-25-29-65(58(33-47)44(9)10)72(63-21-17-15-19-55(63)42(5)6)53-26-23-49-35-62-68(39-51(49)31-53)74-66-30-28-57-61-34-48-24-27-54(32-52(48)38-67(61)75-71(57)69(62)66)73(64-22-18-16-20-56(64)43(7)8)70-59(45(11)12)36-50(41(3)4)37-60(70)46(13)14/h15-46H,1-14H3. The highest BCUT2D eigenvalue weighted by molar-refractivity contribution is 6.24. The van der Waals surface area contributed by atoms with Crippen molar-refractivity contribution in [3.63, 3.8) is 0 Å². The lowest BCUT2D eigenvalue weighted by atomic mass is 9.86. The molecule has 75 heavy (non-hydrogen) atoms. The molecular weight excluding hydrogens is 913 g/mol. The van der Waals surface area contributed by atoms with Crippen molar-refractivity contribution in [3.05, 3.63) is 191 Å². The Labute approximate surface area is 445 Å². The minimum absolute atomic E-state index is 0.325. The van der Waals surface area contributed by atoms with Crippen LogP contribution in [0.5, 0.6) is 0 Å². The van der Waals surface area contributed by atoms with Crippen molar-refractivity contribution in [2.45, 2.75) is 138 Å². The number of para-hydroxylation sites is 2. The number of nitrogens with zero attached hydrogens (tertiary/aromatic N) is 2. The summed E-state index contributed by atoms with van der Waals surface area (Å²) in [4.78, 5) is 5.05. The van der Waals surface area contributed by atoms with Gasteiger partial charge in [0.2, 0.25) is 0 Å². The monoisotopic (exact) mass is 987 g/mol. The Kier molecular flexibility index (Phi) is 12.9. The van der Waals surface area contributed by atoms with Crippen molar-refractivity contribution in [2.75, 3.05) is 9.80 Å². The van der Waals surface area contributed by atoms with E-state index in [0.717, 1.165) is 71.4 Å². The molecule has 11 aromatic rings. The summed E-state index contributed by atoms with van der Waals surface area (Å²) in [5, 5.41) is 8.85. The number of fused-ring (bicyclic) bond motifs is 9. The van der Waals surface area contributed by atoms with Crippen LogP contribution in [0, 0.1) is 0 Å². The van der Waals surface area contributed by atoms with Crippen LogP contribution >= 0.6 is 0 Å². The van der Waals surface area contributed by atoms with Crippen molar-refractivity contribution < 1.29 is 8.83 Å². The summed E-state index contributed by atoms with van der Waals surface area (Å²) in [7, 11) is 0. The van der Waals surface area contributed by atoms with E-state index in [1.165, 1.54) is 67.1 Å². The van der Waals surface area contributed by atoms with Crippen LogP contribution in [0.3, 0.4) is 0 Å². The third-order valence-electron chi connectivity index (χ3n) is 16.0. The third kappa shape index (κ3) is 8.74. The first-order valence-corrected chi connectivity index (χ1v) is 27.8. The largest absolute Gasteiger partial charge is 0.456 e. The van der Waals surface area contributed by atoms with Crippen LogP contribution in [0.4, 0.5) is 34.1 Å². The summed E-state index contributed by atoms with van der Waals surface area (Å²) in [6.07, 6.45) is 0. The van der Waals surface area contributed by atoms with Crippen molar-refractivity contribution in [1.82, 2.24) is 0 Å². The normalized spacial score (nSPS) is 12.4. The summed E-state index contributed by atoms with van der Waals surface area (Å²) >= 11 is 0. The van der Waals surface area contributed by atoms with Crippen LogP contribution in [0.25, 0.3) is 65.4 Å². The zero-order valence-electron chi connectivity index (χ0n) is 46.7. The number of benzene rings is 9. The van der Waals surface area contributed by atoms with Gasteiger partial charge in [-0.15, -0.1) is 0 Å². The minimum atomic E-state index is 0.325. The summed E-state index contributed by atoms with van der Waals surface area (Å²) in [5.74, 6) is 2.55. The lowest BCUT2D eigenvalue weighted by Gasteiger charge is -2.35. The molecule has 0 saturated carbocycles. The van der Waals surface area contributed by atoms with E-state index in [9.17, 15) is 0 Å². The highest BCUT2D eigenvalue weighted by Crippen LogP contribution is 2.50. The Bertz CT molecular complexity index is 3940. The Morgan fingerprint density at radius 1 is 0.307 bits per heavy atom. The SMILES string of the molecule is CC(C)c1ccc(N(c2ccc3cc4c(cc3c2)oc2ccc3c5cc6ccc(N(c7ccccc7C(C)C)c7c(C(C)C)cc(C(C)C)cc7C(C)C)cc6cc5oc3c24)c2ccccc2C(C)C)c(C(C)C)c1. The second-order valence-electron chi connectivity index (χ2n) is 23.5. The molecule has 9 aromatic carbocycles. The third-order valence-corrected chi connectivity index (χ3v) is 16.0. The first-order valence-electron chi connectivity index (χ1n) is 27.8. The molecule has 2 aromatic heterocycles. The lowest BCUT2D eigenvalue weighted by molar-refractivity contribution is 0.663. The van der Waals surface area contributed by atoms with Gasteiger partial charge in [0.15, 0.2) is 0 Å². The predicted molar refractivity (Wildman–Crippen MR) is 324 cm³/mol. The minimum Gasteiger partial charge on any atom is -0.456 e.